The first kappa shape index (κ1) is 19.8. The predicted octanol–water partition coefficient (Wildman–Crippen LogP) is 2.50. The lowest BCUT2D eigenvalue weighted by Crippen LogP contribution is -2.46. The molecule has 3 heterocycles. The molecule has 9 heteroatoms. The molecule has 3 aliphatic heterocycles. The molecule has 0 spiro atoms. The van der Waals surface area contributed by atoms with Crippen molar-refractivity contribution in [3.05, 3.63) is 81.9 Å². The number of hydrogen-bond donors (Lipinski definition) is 0. The number of nitro benzene ring substituents is 1. The Kier molecular flexibility index (Phi) is 4.47. The zero-order valence-electron chi connectivity index (χ0n) is 17.0. The van der Waals surface area contributed by atoms with E-state index in [4.69, 9.17) is 0 Å². The number of carbonyl (C=O) groups is 3. The minimum absolute atomic E-state index is 0.0994. The Hall–Kier alpha value is -4.14. The van der Waals surface area contributed by atoms with Crippen molar-refractivity contribution in [3.8, 4) is 0 Å². The van der Waals surface area contributed by atoms with Gasteiger partial charge in [0.2, 0.25) is 11.8 Å². The average molecular weight is 430 g/mol. The number of carbonyl (C=O) groups excluding carboxylic acids is 3. The Balaban J connectivity index is 1.57. The molecule has 2 fully saturated rings. The van der Waals surface area contributed by atoms with Gasteiger partial charge in [-0.1, -0.05) is 35.9 Å². The Labute approximate surface area is 182 Å². The Morgan fingerprint density at radius 2 is 1.78 bits per heavy atom. The molecule has 5 rings (SSSR count). The van der Waals surface area contributed by atoms with Crippen LogP contribution in [0.4, 0.5) is 11.4 Å². The lowest BCUT2D eigenvalue weighted by Gasteiger charge is -2.30. The number of non-ortho nitro benzene ring substituents is 1. The maximum Gasteiger partial charge on any atom is 0.270 e. The van der Waals surface area contributed by atoms with Crippen LogP contribution in [0.25, 0.3) is 0 Å². The molecule has 0 aliphatic carbocycles. The summed E-state index contributed by atoms with van der Waals surface area (Å²) in [5, 5.41) is 16.9. The van der Waals surface area contributed by atoms with Crippen LogP contribution in [-0.2, 0) is 9.59 Å². The number of anilines is 1. The topological polar surface area (TPSA) is 113 Å². The van der Waals surface area contributed by atoms with Crippen molar-refractivity contribution in [2.45, 2.75) is 19.0 Å². The second-order valence-corrected chi connectivity index (χ2v) is 8.04. The summed E-state index contributed by atoms with van der Waals surface area (Å²) in [6.07, 6.45) is 4.94. The maximum absolute atomic E-state index is 13.5. The Morgan fingerprint density at radius 1 is 1.06 bits per heavy atom. The molecule has 2 saturated heterocycles. The van der Waals surface area contributed by atoms with Crippen LogP contribution < -0.4 is 4.90 Å². The molecule has 3 aliphatic rings. The van der Waals surface area contributed by atoms with Gasteiger partial charge in [-0.2, -0.15) is 5.10 Å². The first-order valence-electron chi connectivity index (χ1n) is 10.1. The van der Waals surface area contributed by atoms with Gasteiger partial charge in [0.05, 0.1) is 28.5 Å². The van der Waals surface area contributed by atoms with Crippen molar-refractivity contribution in [3.63, 3.8) is 0 Å². The third-order valence-corrected chi connectivity index (χ3v) is 6.19. The normalized spacial score (nSPS) is 25.8. The van der Waals surface area contributed by atoms with Gasteiger partial charge in [0.15, 0.2) is 5.78 Å². The Morgan fingerprint density at radius 3 is 2.50 bits per heavy atom. The van der Waals surface area contributed by atoms with E-state index in [1.54, 1.807) is 24.3 Å². The smallest absolute Gasteiger partial charge is 0.270 e. The zero-order valence-corrected chi connectivity index (χ0v) is 17.0. The van der Waals surface area contributed by atoms with Crippen LogP contribution in [0.15, 0.2) is 65.8 Å². The minimum atomic E-state index is -1.04. The highest BCUT2D eigenvalue weighted by molar-refractivity contribution is 6.24. The van der Waals surface area contributed by atoms with Gasteiger partial charge >= 0.3 is 0 Å². The molecule has 0 N–H and O–H groups in total. The van der Waals surface area contributed by atoms with Gasteiger partial charge in [-0.3, -0.25) is 29.5 Å². The van der Waals surface area contributed by atoms with Crippen LogP contribution in [0.2, 0.25) is 0 Å². The number of Topliss-reactive ketones (excluding diaryl/α,β-unsaturated/α-hetero) is 1. The van der Waals surface area contributed by atoms with E-state index in [0.717, 1.165) is 10.5 Å². The molecule has 0 bridgehead atoms. The monoisotopic (exact) mass is 430 g/mol. The summed E-state index contributed by atoms with van der Waals surface area (Å²) < 4.78 is 0. The number of ketones is 1. The molecule has 2 aromatic carbocycles. The van der Waals surface area contributed by atoms with Crippen LogP contribution >= 0.6 is 0 Å². The number of benzene rings is 2. The van der Waals surface area contributed by atoms with E-state index in [-0.39, 0.29) is 17.2 Å². The molecule has 9 nitrogen and oxygen atoms in total. The fourth-order valence-electron chi connectivity index (χ4n) is 4.73. The van der Waals surface area contributed by atoms with Gasteiger partial charge in [0, 0.05) is 23.9 Å². The summed E-state index contributed by atoms with van der Waals surface area (Å²) in [6, 6.07) is 10.8. The SMILES string of the molecule is Cc1ccc(N2C(=O)[C@@H]3[C@H](C2=O)[C@H](C(=O)c2cccc([N+](=O)[O-])c2)N2N=CC=C[C@@H]32)cc1. The van der Waals surface area contributed by atoms with Crippen LogP contribution in [0.3, 0.4) is 0 Å². The number of nitrogens with zero attached hydrogens (tertiary/aromatic N) is 4. The molecule has 0 saturated carbocycles. The first-order valence-corrected chi connectivity index (χ1v) is 10.1. The van der Waals surface area contributed by atoms with Crippen LogP contribution in [0, 0.1) is 28.9 Å². The van der Waals surface area contributed by atoms with Crippen LogP contribution in [0.1, 0.15) is 15.9 Å². The highest BCUT2D eigenvalue weighted by Gasteiger charge is 2.64. The molecule has 0 radical (unpaired) electrons. The zero-order chi connectivity index (χ0) is 22.6. The lowest BCUT2D eigenvalue weighted by molar-refractivity contribution is -0.384. The second-order valence-electron chi connectivity index (χ2n) is 8.04. The fraction of sp³-hybridized carbons (Fsp3) is 0.217. The maximum atomic E-state index is 13.5. The average Bonchev–Trinajstić information content (AvgIpc) is 3.27. The molecular weight excluding hydrogens is 412 g/mol. The second kappa shape index (κ2) is 7.23. The van der Waals surface area contributed by atoms with Gasteiger partial charge in [-0.15, -0.1) is 0 Å². The van der Waals surface area contributed by atoms with Crippen LogP contribution in [0.5, 0.6) is 0 Å². The van der Waals surface area contributed by atoms with E-state index in [9.17, 15) is 24.5 Å². The number of imide groups is 1. The third-order valence-electron chi connectivity index (χ3n) is 6.19. The number of fused-ring (bicyclic) bond motifs is 3. The summed E-state index contributed by atoms with van der Waals surface area (Å²) in [5.41, 5.74) is 1.32. The summed E-state index contributed by atoms with van der Waals surface area (Å²) in [6.45, 7) is 1.91. The first-order chi connectivity index (χ1) is 15.4. The molecule has 2 aromatic rings. The summed E-state index contributed by atoms with van der Waals surface area (Å²) in [5.74, 6) is -3.04. The summed E-state index contributed by atoms with van der Waals surface area (Å²) in [7, 11) is 0. The van der Waals surface area contributed by atoms with Crippen molar-refractivity contribution in [1.29, 1.82) is 0 Å². The summed E-state index contributed by atoms with van der Waals surface area (Å²) in [4.78, 5) is 52.1. The van der Waals surface area contributed by atoms with Crippen molar-refractivity contribution >= 4 is 35.2 Å². The molecule has 0 unspecified atom stereocenters. The standard InChI is InChI=1S/C23H18N4O5/c1-13-7-9-15(10-8-13)25-22(29)18-17-6-3-11-24-26(17)20(19(18)23(25)30)21(28)14-4-2-5-16(12-14)27(31)32/h2-12,17-20H,1H3/t17-,18-,19-,20+/m0/s1. The largest absolute Gasteiger partial charge is 0.292 e. The van der Waals surface area contributed by atoms with Gasteiger partial charge in [-0.05, 0) is 25.1 Å². The minimum Gasteiger partial charge on any atom is -0.292 e. The molecule has 160 valence electrons. The van der Waals surface area contributed by atoms with Gasteiger partial charge in [0.1, 0.15) is 6.04 Å². The number of allylic oxidation sites excluding steroid dienone is 1. The van der Waals surface area contributed by atoms with E-state index in [2.05, 4.69) is 5.10 Å². The molecular formula is C23H18N4O5. The van der Waals surface area contributed by atoms with Crippen molar-refractivity contribution in [1.82, 2.24) is 5.01 Å². The van der Waals surface area contributed by atoms with Crippen molar-refractivity contribution < 1.29 is 19.3 Å². The molecule has 0 aromatic heterocycles. The van der Waals surface area contributed by atoms with E-state index < -0.39 is 40.5 Å². The number of hydrazone groups is 1. The Bertz CT molecular complexity index is 1220. The predicted molar refractivity (Wildman–Crippen MR) is 115 cm³/mol. The quantitative estimate of drug-likeness (QED) is 0.319. The van der Waals surface area contributed by atoms with Crippen molar-refractivity contribution in [2.75, 3.05) is 4.90 Å². The number of rotatable bonds is 4. The number of amides is 2. The van der Waals surface area contributed by atoms with E-state index in [0.29, 0.717) is 5.69 Å². The number of aryl methyl sites for hydroxylation is 1. The highest BCUT2D eigenvalue weighted by Crippen LogP contribution is 2.46. The van der Waals surface area contributed by atoms with Crippen LogP contribution in [-0.4, -0.2) is 45.8 Å². The molecule has 32 heavy (non-hydrogen) atoms. The van der Waals surface area contributed by atoms with Gasteiger partial charge < -0.3 is 0 Å². The molecule has 4 atom stereocenters. The summed E-state index contributed by atoms with van der Waals surface area (Å²) >= 11 is 0. The van der Waals surface area contributed by atoms with Gasteiger partial charge in [-0.25, -0.2) is 4.90 Å². The number of hydrogen-bond acceptors (Lipinski definition) is 7. The molecule has 2 amide bonds. The third kappa shape index (κ3) is 2.85. The van der Waals surface area contributed by atoms with E-state index in [1.807, 2.05) is 19.1 Å². The number of nitro groups is 1. The van der Waals surface area contributed by atoms with E-state index in [1.165, 1.54) is 35.5 Å². The lowest BCUT2D eigenvalue weighted by atomic mass is 9.86. The highest BCUT2D eigenvalue weighted by atomic mass is 16.6. The van der Waals surface area contributed by atoms with E-state index >= 15 is 0 Å². The fourth-order valence-corrected chi connectivity index (χ4v) is 4.73. The van der Waals surface area contributed by atoms with Gasteiger partial charge in [0.25, 0.3) is 5.69 Å². The van der Waals surface area contributed by atoms with Crippen molar-refractivity contribution in [2.24, 2.45) is 16.9 Å².